The second-order valence-electron chi connectivity index (χ2n) is 6.58. The number of hydrogen-bond acceptors (Lipinski definition) is 7. The summed E-state index contributed by atoms with van der Waals surface area (Å²) < 4.78 is 10.6. The Kier molecular flexibility index (Phi) is 6.81. The summed E-state index contributed by atoms with van der Waals surface area (Å²) in [6, 6.07) is 3.42. The van der Waals surface area contributed by atoms with Crippen molar-refractivity contribution in [1.29, 1.82) is 0 Å². The van der Waals surface area contributed by atoms with Gasteiger partial charge in [-0.1, -0.05) is 23.3 Å². The zero-order valence-corrected chi connectivity index (χ0v) is 17.0. The number of hydrogen-bond donors (Lipinski definition) is 3. The first kappa shape index (κ1) is 20.1. The molecule has 0 atom stereocenters. The van der Waals surface area contributed by atoms with Crippen LogP contribution in [0.1, 0.15) is 32.1 Å². The van der Waals surface area contributed by atoms with Gasteiger partial charge in [-0.3, -0.25) is 0 Å². The Balaban J connectivity index is 1.72. The van der Waals surface area contributed by atoms with Gasteiger partial charge in [0.05, 0.1) is 24.9 Å². The Morgan fingerprint density at radius 1 is 1.11 bits per heavy atom. The topological polar surface area (TPSA) is 94.3 Å². The first-order chi connectivity index (χ1) is 13.6. The number of nitrogens with two attached hydrogens (primary N) is 1. The molecule has 0 aliphatic heterocycles. The minimum absolute atomic E-state index is 0.439. The lowest BCUT2D eigenvalue weighted by molar-refractivity contribution is 0.396. The van der Waals surface area contributed by atoms with Crippen molar-refractivity contribution in [3.63, 3.8) is 0 Å². The Bertz CT molecular complexity index is 857. The molecule has 0 saturated heterocycles. The maximum Gasteiger partial charge on any atom is 0.159 e. The van der Waals surface area contributed by atoms with Gasteiger partial charge in [-0.2, -0.15) is 0 Å². The number of anilines is 4. The average molecular weight is 404 g/mol. The molecule has 4 N–H and O–H groups in total. The summed E-state index contributed by atoms with van der Waals surface area (Å²) in [4.78, 5) is 8.52. The quantitative estimate of drug-likeness (QED) is 0.546. The lowest BCUT2D eigenvalue weighted by atomic mass is 9.97. The van der Waals surface area contributed by atoms with Gasteiger partial charge < -0.3 is 25.8 Å². The fourth-order valence-corrected chi connectivity index (χ4v) is 3.44. The molecule has 0 saturated carbocycles. The molecule has 1 aliphatic carbocycles. The van der Waals surface area contributed by atoms with Crippen LogP contribution in [0.15, 0.2) is 30.1 Å². The van der Waals surface area contributed by atoms with Crippen LogP contribution in [0.4, 0.5) is 23.0 Å². The van der Waals surface area contributed by atoms with Gasteiger partial charge in [0, 0.05) is 12.6 Å². The summed E-state index contributed by atoms with van der Waals surface area (Å²) in [5.41, 5.74) is 8.85. The van der Waals surface area contributed by atoms with E-state index in [2.05, 4.69) is 26.7 Å². The number of nitrogen functional groups attached to an aromatic ring is 1. The number of halogens is 1. The molecule has 28 heavy (non-hydrogen) atoms. The number of ether oxygens (including phenoxy) is 2. The molecule has 0 radical (unpaired) electrons. The number of allylic oxidation sites excluding steroid dienone is 1. The molecular formula is C20H26ClN5O2. The van der Waals surface area contributed by atoms with E-state index in [1.54, 1.807) is 26.4 Å². The van der Waals surface area contributed by atoms with Crippen molar-refractivity contribution in [2.45, 2.75) is 32.1 Å². The highest BCUT2D eigenvalue weighted by Crippen LogP contribution is 2.38. The van der Waals surface area contributed by atoms with Crippen LogP contribution in [0.2, 0.25) is 5.02 Å². The maximum atomic E-state index is 6.27. The van der Waals surface area contributed by atoms with E-state index in [0.29, 0.717) is 39.5 Å². The third-order valence-corrected chi connectivity index (χ3v) is 5.03. The van der Waals surface area contributed by atoms with Gasteiger partial charge in [-0.15, -0.1) is 0 Å². The normalized spacial score (nSPS) is 13.6. The van der Waals surface area contributed by atoms with Crippen molar-refractivity contribution in [3.8, 4) is 11.5 Å². The molecule has 1 aromatic carbocycles. The Morgan fingerprint density at radius 2 is 1.89 bits per heavy atom. The fraction of sp³-hybridized carbons (Fsp3) is 0.400. The van der Waals surface area contributed by atoms with Gasteiger partial charge in [0.2, 0.25) is 0 Å². The number of nitrogens with zero attached hydrogens (tertiary/aromatic N) is 2. The SMILES string of the molecule is COc1cc(OC)c(Nc2ncnc(NCCC3=CCCCC3)c2N)cc1Cl. The fourth-order valence-electron chi connectivity index (χ4n) is 3.19. The van der Waals surface area contributed by atoms with Crippen LogP contribution in [0.5, 0.6) is 11.5 Å². The molecule has 1 heterocycles. The molecule has 0 unspecified atom stereocenters. The highest BCUT2D eigenvalue weighted by atomic mass is 35.5. The number of rotatable bonds is 8. The van der Waals surface area contributed by atoms with E-state index in [4.69, 9.17) is 26.8 Å². The lowest BCUT2D eigenvalue weighted by Gasteiger charge is -2.16. The van der Waals surface area contributed by atoms with Crippen LogP contribution in [0.25, 0.3) is 0 Å². The van der Waals surface area contributed by atoms with E-state index in [1.807, 2.05) is 0 Å². The van der Waals surface area contributed by atoms with Crippen LogP contribution in [0.3, 0.4) is 0 Å². The molecule has 8 heteroatoms. The third kappa shape index (κ3) is 4.78. The molecular weight excluding hydrogens is 378 g/mol. The van der Waals surface area contributed by atoms with Crippen molar-refractivity contribution in [2.75, 3.05) is 37.1 Å². The first-order valence-corrected chi connectivity index (χ1v) is 9.71. The van der Waals surface area contributed by atoms with Gasteiger partial charge in [-0.05, 0) is 38.2 Å². The Morgan fingerprint density at radius 3 is 2.61 bits per heavy atom. The molecule has 0 fully saturated rings. The van der Waals surface area contributed by atoms with Crippen molar-refractivity contribution < 1.29 is 9.47 Å². The molecule has 0 amide bonds. The minimum Gasteiger partial charge on any atom is -0.495 e. The van der Waals surface area contributed by atoms with Crippen molar-refractivity contribution in [2.24, 2.45) is 0 Å². The molecule has 0 bridgehead atoms. The summed E-state index contributed by atoms with van der Waals surface area (Å²) in [5.74, 6) is 2.18. The number of nitrogens with one attached hydrogen (secondary N) is 2. The molecule has 3 rings (SSSR count). The second kappa shape index (κ2) is 9.50. The Hall–Kier alpha value is -2.67. The van der Waals surface area contributed by atoms with Crippen molar-refractivity contribution in [1.82, 2.24) is 9.97 Å². The van der Waals surface area contributed by atoms with Gasteiger partial charge >= 0.3 is 0 Å². The zero-order chi connectivity index (χ0) is 19.9. The van der Waals surface area contributed by atoms with Crippen LogP contribution >= 0.6 is 11.6 Å². The van der Waals surface area contributed by atoms with Crippen LogP contribution in [-0.4, -0.2) is 30.7 Å². The summed E-state index contributed by atoms with van der Waals surface area (Å²) in [6.45, 7) is 0.782. The number of aromatic nitrogens is 2. The number of benzene rings is 1. The molecule has 7 nitrogen and oxygen atoms in total. The lowest BCUT2D eigenvalue weighted by Crippen LogP contribution is -2.10. The molecule has 150 valence electrons. The predicted octanol–water partition coefficient (Wildman–Crippen LogP) is 4.78. The Labute approximate surface area is 170 Å². The monoisotopic (exact) mass is 403 g/mol. The number of methoxy groups -OCH3 is 2. The van der Waals surface area contributed by atoms with Gasteiger partial charge in [-0.25, -0.2) is 9.97 Å². The average Bonchev–Trinajstić information content (AvgIpc) is 2.71. The van der Waals surface area contributed by atoms with Gasteiger partial charge in [0.25, 0.3) is 0 Å². The van der Waals surface area contributed by atoms with E-state index in [0.717, 1.165) is 13.0 Å². The second-order valence-corrected chi connectivity index (χ2v) is 6.99. The maximum absolute atomic E-state index is 6.27. The molecule has 2 aromatic rings. The van der Waals surface area contributed by atoms with Gasteiger partial charge in [0.1, 0.15) is 23.5 Å². The van der Waals surface area contributed by atoms with E-state index >= 15 is 0 Å². The highest BCUT2D eigenvalue weighted by molar-refractivity contribution is 6.32. The van der Waals surface area contributed by atoms with E-state index < -0.39 is 0 Å². The third-order valence-electron chi connectivity index (χ3n) is 4.73. The molecule has 1 aliphatic rings. The summed E-state index contributed by atoms with van der Waals surface area (Å²) in [6.07, 6.45) is 9.76. The van der Waals surface area contributed by atoms with Crippen LogP contribution in [0, 0.1) is 0 Å². The standard InChI is InChI=1S/C20H26ClN5O2/c1-27-16-11-17(28-2)15(10-14(16)21)26-20-18(22)19(24-12-25-20)23-9-8-13-6-4-3-5-7-13/h6,10-12H,3-5,7-9,22H2,1-2H3,(H2,23,24,25,26). The van der Waals surface area contributed by atoms with E-state index in [1.165, 1.54) is 37.6 Å². The van der Waals surface area contributed by atoms with Crippen molar-refractivity contribution >= 4 is 34.6 Å². The van der Waals surface area contributed by atoms with Crippen molar-refractivity contribution in [3.05, 3.63) is 35.1 Å². The zero-order valence-electron chi connectivity index (χ0n) is 16.2. The predicted molar refractivity (Wildman–Crippen MR) is 114 cm³/mol. The summed E-state index contributed by atoms with van der Waals surface area (Å²) in [7, 11) is 3.13. The molecule has 1 aromatic heterocycles. The first-order valence-electron chi connectivity index (χ1n) is 9.33. The molecule has 0 spiro atoms. The van der Waals surface area contributed by atoms with E-state index in [-0.39, 0.29) is 0 Å². The van der Waals surface area contributed by atoms with Crippen LogP contribution < -0.4 is 25.8 Å². The minimum atomic E-state index is 0.439. The summed E-state index contributed by atoms with van der Waals surface area (Å²) >= 11 is 6.24. The summed E-state index contributed by atoms with van der Waals surface area (Å²) in [5, 5.41) is 6.94. The van der Waals surface area contributed by atoms with Crippen LogP contribution in [-0.2, 0) is 0 Å². The van der Waals surface area contributed by atoms with Gasteiger partial charge in [0.15, 0.2) is 11.6 Å². The van der Waals surface area contributed by atoms with E-state index in [9.17, 15) is 0 Å². The highest BCUT2D eigenvalue weighted by Gasteiger charge is 2.14. The smallest absolute Gasteiger partial charge is 0.159 e. The largest absolute Gasteiger partial charge is 0.495 e.